The quantitative estimate of drug-likeness (QED) is 0.675. The van der Waals surface area contributed by atoms with Crippen molar-refractivity contribution in [3.8, 4) is 0 Å². The molecule has 0 unspecified atom stereocenters. The summed E-state index contributed by atoms with van der Waals surface area (Å²) in [6.45, 7) is 1.38. The van der Waals surface area contributed by atoms with Gasteiger partial charge in [-0.15, -0.1) is 0 Å². The Hall–Kier alpha value is -3.01. The van der Waals surface area contributed by atoms with Gasteiger partial charge in [-0.05, 0) is 42.9 Å². The molecule has 10 heteroatoms. The molecule has 2 rings (SSSR count). The van der Waals surface area contributed by atoms with E-state index in [9.17, 15) is 31.5 Å². The van der Waals surface area contributed by atoms with Gasteiger partial charge in [0.1, 0.15) is 17.3 Å². The molecule has 0 aliphatic heterocycles. The van der Waals surface area contributed by atoms with Gasteiger partial charge in [0.25, 0.3) is 0 Å². The van der Waals surface area contributed by atoms with E-state index >= 15 is 0 Å². The molecule has 0 heterocycles. The van der Waals surface area contributed by atoms with Crippen molar-refractivity contribution in [3.63, 3.8) is 0 Å². The summed E-state index contributed by atoms with van der Waals surface area (Å²) in [5, 5.41) is 4.54. The number of benzene rings is 2. The number of carbonyl (C=O) groups excluding carboxylic acids is 2. The van der Waals surface area contributed by atoms with Crippen molar-refractivity contribution in [2.75, 3.05) is 30.3 Å². The molecule has 29 heavy (non-hydrogen) atoms. The summed E-state index contributed by atoms with van der Waals surface area (Å²) >= 11 is 0. The Labute approximate surface area is 163 Å². The van der Waals surface area contributed by atoms with Crippen LogP contribution in [0.5, 0.6) is 0 Å². The predicted octanol–water partition coefficient (Wildman–Crippen LogP) is 3.88. The smallest absolute Gasteiger partial charge is 0.325 e. The van der Waals surface area contributed by atoms with Gasteiger partial charge in [-0.25, -0.2) is 8.78 Å². The number of hydrogen-bond acceptors (Lipinski definition) is 3. The van der Waals surface area contributed by atoms with Gasteiger partial charge in [-0.3, -0.25) is 14.5 Å². The molecular formula is C19H18F5N3O2. The summed E-state index contributed by atoms with van der Waals surface area (Å²) in [5.41, 5.74) is -1.26. The number of hydrogen-bond donors (Lipinski definition) is 2. The van der Waals surface area contributed by atoms with Crippen LogP contribution in [-0.4, -0.2) is 36.3 Å². The van der Waals surface area contributed by atoms with E-state index in [1.807, 2.05) is 0 Å². The molecule has 2 aromatic carbocycles. The molecule has 156 valence electrons. The van der Waals surface area contributed by atoms with Gasteiger partial charge in [-0.1, -0.05) is 13.0 Å². The molecule has 2 N–H and O–H groups in total. The number of nitrogens with one attached hydrogen (secondary N) is 2. The van der Waals surface area contributed by atoms with Gasteiger partial charge >= 0.3 is 6.18 Å². The Morgan fingerprint density at radius 2 is 1.41 bits per heavy atom. The number of nitrogens with zero attached hydrogens (tertiary/aromatic N) is 1. The third-order valence-electron chi connectivity index (χ3n) is 3.90. The van der Waals surface area contributed by atoms with Gasteiger partial charge < -0.3 is 10.6 Å². The van der Waals surface area contributed by atoms with Crippen LogP contribution in [0.15, 0.2) is 42.5 Å². The van der Waals surface area contributed by atoms with Crippen molar-refractivity contribution in [3.05, 3.63) is 59.7 Å². The Balaban J connectivity index is 1.91. The molecule has 0 saturated carbocycles. The molecule has 0 spiro atoms. The summed E-state index contributed by atoms with van der Waals surface area (Å²) in [7, 11) is 0. The summed E-state index contributed by atoms with van der Waals surface area (Å²) in [6, 6.07) is 7.05. The maximum Gasteiger partial charge on any atom is 0.416 e. The van der Waals surface area contributed by atoms with Crippen LogP contribution < -0.4 is 10.6 Å². The van der Waals surface area contributed by atoms with E-state index in [4.69, 9.17) is 0 Å². The molecule has 5 nitrogen and oxygen atoms in total. The summed E-state index contributed by atoms with van der Waals surface area (Å²) in [5.74, 6) is -3.14. The normalized spacial score (nSPS) is 11.4. The van der Waals surface area contributed by atoms with Crippen LogP contribution in [0.25, 0.3) is 0 Å². The van der Waals surface area contributed by atoms with Crippen LogP contribution in [-0.2, 0) is 15.8 Å². The van der Waals surface area contributed by atoms with Crippen molar-refractivity contribution >= 4 is 23.2 Å². The van der Waals surface area contributed by atoms with Gasteiger partial charge in [0.2, 0.25) is 11.8 Å². The number of amides is 2. The van der Waals surface area contributed by atoms with Crippen LogP contribution in [0.4, 0.5) is 33.3 Å². The number of likely N-dealkylation sites (N-methyl/N-ethyl adjacent to an activating group) is 1. The van der Waals surface area contributed by atoms with E-state index in [1.54, 1.807) is 6.92 Å². The number of para-hydroxylation sites is 1. The average Bonchev–Trinajstić information content (AvgIpc) is 2.64. The van der Waals surface area contributed by atoms with Crippen LogP contribution in [0.2, 0.25) is 0 Å². The largest absolute Gasteiger partial charge is 0.416 e. The molecule has 2 aromatic rings. The van der Waals surface area contributed by atoms with E-state index < -0.39 is 40.9 Å². The van der Waals surface area contributed by atoms with Crippen molar-refractivity contribution in [1.82, 2.24) is 4.90 Å². The lowest BCUT2D eigenvalue weighted by Crippen LogP contribution is -2.38. The average molecular weight is 415 g/mol. The van der Waals surface area contributed by atoms with E-state index in [-0.39, 0.29) is 25.3 Å². The number of alkyl halides is 3. The number of anilines is 2. The van der Waals surface area contributed by atoms with Gasteiger partial charge in [0, 0.05) is 5.69 Å². The lowest BCUT2D eigenvalue weighted by molar-refractivity contribution is -0.137. The Kier molecular flexibility index (Phi) is 7.27. The van der Waals surface area contributed by atoms with Crippen molar-refractivity contribution in [2.45, 2.75) is 13.1 Å². The minimum Gasteiger partial charge on any atom is -0.325 e. The van der Waals surface area contributed by atoms with E-state index in [0.717, 1.165) is 42.5 Å². The van der Waals surface area contributed by atoms with Crippen LogP contribution in [0, 0.1) is 11.6 Å². The zero-order valence-corrected chi connectivity index (χ0v) is 15.3. The van der Waals surface area contributed by atoms with E-state index in [1.165, 1.54) is 4.90 Å². The monoisotopic (exact) mass is 415 g/mol. The summed E-state index contributed by atoms with van der Waals surface area (Å²) < 4.78 is 64.8. The molecule has 0 atom stereocenters. The topological polar surface area (TPSA) is 61.4 Å². The summed E-state index contributed by atoms with van der Waals surface area (Å²) in [6.07, 6.45) is -4.48. The van der Waals surface area contributed by atoms with Gasteiger partial charge in [-0.2, -0.15) is 13.2 Å². The first kappa shape index (κ1) is 22.3. The van der Waals surface area contributed by atoms with E-state index in [0.29, 0.717) is 0 Å². The van der Waals surface area contributed by atoms with Gasteiger partial charge in [0.15, 0.2) is 0 Å². The minimum absolute atomic E-state index is 0.164. The third-order valence-corrected chi connectivity index (χ3v) is 3.90. The second kappa shape index (κ2) is 9.46. The molecular weight excluding hydrogens is 397 g/mol. The number of halogens is 5. The first-order valence-corrected chi connectivity index (χ1v) is 8.53. The first-order chi connectivity index (χ1) is 13.6. The molecule has 2 amide bonds. The Morgan fingerprint density at radius 1 is 0.897 bits per heavy atom. The fraction of sp³-hybridized carbons (Fsp3) is 0.263. The SMILES string of the molecule is CCN(CC(=O)Nc1ccc(C(F)(F)F)cc1)CC(=O)Nc1c(F)cccc1F. The fourth-order valence-corrected chi connectivity index (χ4v) is 2.42. The standard InChI is InChI=1S/C19H18F5N3O2/c1-2-27(11-17(29)26-18-14(20)4-3-5-15(18)21)10-16(28)25-13-8-6-12(7-9-13)19(22,23)24/h3-9H,2,10-11H2,1H3,(H,25,28)(H,26,29). The first-order valence-electron chi connectivity index (χ1n) is 8.53. The van der Waals surface area contributed by atoms with Crippen LogP contribution in [0.1, 0.15) is 12.5 Å². The molecule has 0 aromatic heterocycles. The number of carbonyl (C=O) groups is 2. The van der Waals surface area contributed by atoms with Crippen molar-refractivity contribution in [2.24, 2.45) is 0 Å². The van der Waals surface area contributed by atoms with Crippen molar-refractivity contribution < 1.29 is 31.5 Å². The predicted molar refractivity (Wildman–Crippen MR) is 97.2 cm³/mol. The lowest BCUT2D eigenvalue weighted by atomic mass is 10.2. The van der Waals surface area contributed by atoms with Crippen LogP contribution in [0.3, 0.4) is 0 Å². The zero-order valence-electron chi connectivity index (χ0n) is 15.3. The summed E-state index contributed by atoms with van der Waals surface area (Å²) in [4.78, 5) is 25.5. The van der Waals surface area contributed by atoms with E-state index in [2.05, 4.69) is 10.6 Å². The molecule has 0 radical (unpaired) electrons. The highest BCUT2D eigenvalue weighted by molar-refractivity contribution is 5.94. The highest BCUT2D eigenvalue weighted by Crippen LogP contribution is 2.29. The molecule has 0 saturated heterocycles. The Bertz CT molecular complexity index is 849. The van der Waals surface area contributed by atoms with Crippen LogP contribution >= 0.6 is 0 Å². The number of rotatable bonds is 7. The fourth-order valence-electron chi connectivity index (χ4n) is 2.42. The second-order valence-corrected chi connectivity index (χ2v) is 6.07. The molecule has 0 aliphatic carbocycles. The zero-order chi connectivity index (χ0) is 21.6. The maximum atomic E-state index is 13.6. The molecule has 0 fully saturated rings. The second-order valence-electron chi connectivity index (χ2n) is 6.07. The minimum atomic E-state index is -4.48. The maximum absolute atomic E-state index is 13.6. The Morgan fingerprint density at radius 3 is 1.90 bits per heavy atom. The third kappa shape index (κ3) is 6.53. The van der Waals surface area contributed by atoms with Crippen molar-refractivity contribution in [1.29, 1.82) is 0 Å². The lowest BCUT2D eigenvalue weighted by Gasteiger charge is -2.19. The molecule has 0 aliphatic rings. The van der Waals surface area contributed by atoms with Gasteiger partial charge in [0.05, 0.1) is 18.7 Å². The molecule has 0 bridgehead atoms. The highest BCUT2D eigenvalue weighted by Gasteiger charge is 2.30. The highest BCUT2D eigenvalue weighted by atomic mass is 19.4.